The van der Waals surface area contributed by atoms with Crippen LogP contribution in [0.3, 0.4) is 0 Å². The predicted molar refractivity (Wildman–Crippen MR) is 194 cm³/mol. The van der Waals surface area contributed by atoms with Crippen molar-refractivity contribution in [3.63, 3.8) is 0 Å². The standard InChI is InChI=1S/C39H54N4O9/c1-20-27-16-24(39(27,3)4)17-29(20)41-37(47)33-32(21(2)45)31(19-44)52-43(33)18-22-10-9-11-25(34(22)49-7)26-14-23(15-30(42(5)6)35(26)50-8)36(46)40-28-12-13-51-38(28)48/h9-11,14-15,20-21,24,27-29,31-33,44-45H,12-13,16-19H2,1-8H3,(H,40,46)(H,41,47)/t20-,21-,24+,27-,28-,29?,31-,32-,33-/m0/s1. The second-order valence-electron chi connectivity index (χ2n) is 15.7. The van der Waals surface area contributed by atoms with Crippen LogP contribution in [0.15, 0.2) is 30.3 Å². The van der Waals surface area contributed by atoms with E-state index in [1.807, 2.05) is 37.2 Å². The maximum Gasteiger partial charge on any atom is 0.328 e. The maximum absolute atomic E-state index is 14.2. The fourth-order valence-electron chi connectivity index (χ4n) is 9.17. The van der Waals surface area contributed by atoms with E-state index < -0.39 is 42.1 Å². The van der Waals surface area contributed by atoms with Crippen molar-refractivity contribution in [2.75, 3.05) is 46.4 Å². The molecule has 284 valence electrons. The molecule has 2 aliphatic heterocycles. The van der Waals surface area contributed by atoms with Crippen molar-refractivity contribution >= 4 is 23.5 Å². The van der Waals surface area contributed by atoms with E-state index in [-0.39, 0.29) is 37.1 Å². The molecule has 13 nitrogen and oxygen atoms in total. The summed E-state index contributed by atoms with van der Waals surface area (Å²) in [5, 5.41) is 28.9. The lowest BCUT2D eigenvalue weighted by molar-refractivity contribution is -0.183. The minimum absolute atomic E-state index is 0.00830. The molecular formula is C39H54N4O9. The summed E-state index contributed by atoms with van der Waals surface area (Å²) in [6.45, 7) is 8.45. The topological polar surface area (TPSA) is 159 Å². The van der Waals surface area contributed by atoms with E-state index in [1.54, 1.807) is 38.3 Å². The number of benzene rings is 2. The van der Waals surface area contributed by atoms with Crippen LogP contribution in [-0.4, -0.2) is 105 Å². The molecule has 2 heterocycles. The zero-order chi connectivity index (χ0) is 37.6. The van der Waals surface area contributed by atoms with Crippen LogP contribution in [0.4, 0.5) is 5.69 Å². The molecule has 0 aromatic heterocycles. The highest BCUT2D eigenvalue weighted by atomic mass is 16.7. The molecule has 3 saturated carbocycles. The average Bonchev–Trinajstić information content (AvgIpc) is 3.70. The summed E-state index contributed by atoms with van der Waals surface area (Å²) in [7, 11) is 6.79. The van der Waals surface area contributed by atoms with Crippen molar-refractivity contribution in [3.05, 3.63) is 41.5 Å². The molecule has 2 aromatic rings. The van der Waals surface area contributed by atoms with Gasteiger partial charge in [0.25, 0.3) is 5.91 Å². The van der Waals surface area contributed by atoms with Crippen LogP contribution < -0.4 is 25.0 Å². The second kappa shape index (κ2) is 14.8. The Labute approximate surface area is 305 Å². The smallest absolute Gasteiger partial charge is 0.328 e. The Morgan fingerprint density at radius 2 is 1.83 bits per heavy atom. The number of amides is 2. The van der Waals surface area contributed by atoms with Gasteiger partial charge in [-0.1, -0.05) is 39.0 Å². The van der Waals surface area contributed by atoms with E-state index in [1.165, 1.54) is 6.42 Å². The number of para-hydroxylation sites is 1. The predicted octanol–water partition coefficient (Wildman–Crippen LogP) is 3.14. The number of anilines is 1. The van der Waals surface area contributed by atoms with E-state index in [0.717, 1.165) is 6.42 Å². The van der Waals surface area contributed by atoms with Gasteiger partial charge in [0.15, 0.2) is 0 Å². The summed E-state index contributed by atoms with van der Waals surface area (Å²) >= 11 is 0. The molecule has 2 bridgehead atoms. The normalized spacial score (nSPS) is 29.8. The fourth-order valence-corrected chi connectivity index (χ4v) is 9.17. The van der Waals surface area contributed by atoms with Gasteiger partial charge in [0.05, 0.1) is 45.8 Å². The van der Waals surface area contributed by atoms with Gasteiger partial charge in [-0.3, -0.25) is 14.4 Å². The van der Waals surface area contributed by atoms with E-state index in [0.29, 0.717) is 63.6 Å². The average molecular weight is 723 g/mol. The molecule has 3 aliphatic carbocycles. The number of methoxy groups -OCH3 is 2. The largest absolute Gasteiger partial charge is 0.496 e. The molecule has 0 spiro atoms. The summed E-state index contributed by atoms with van der Waals surface area (Å²) in [4.78, 5) is 48.0. The second-order valence-corrected chi connectivity index (χ2v) is 15.7. The van der Waals surface area contributed by atoms with Gasteiger partial charge in [-0.15, -0.1) is 0 Å². The van der Waals surface area contributed by atoms with E-state index in [9.17, 15) is 24.6 Å². The van der Waals surface area contributed by atoms with Crippen LogP contribution in [-0.2, 0) is 25.7 Å². The quantitative estimate of drug-likeness (QED) is 0.239. The van der Waals surface area contributed by atoms with Crippen molar-refractivity contribution in [2.24, 2.45) is 29.1 Å². The number of nitrogens with one attached hydrogen (secondary N) is 2. The minimum Gasteiger partial charge on any atom is -0.496 e. The first-order chi connectivity index (χ1) is 24.7. The highest BCUT2D eigenvalue weighted by Crippen LogP contribution is 2.61. The number of carbonyl (C=O) groups excluding carboxylic acids is 3. The van der Waals surface area contributed by atoms with Crippen LogP contribution in [0.1, 0.15) is 62.9 Å². The molecular weight excluding hydrogens is 668 g/mol. The highest BCUT2D eigenvalue weighted by molar-refractivity contribution is 6.00. The first kappa shape index (κ1) is 37.8. The number of hydroxylamine groups is 2. The molecule has 52 heavy (non-hydrogen) atoms. The lowest BCUT2D eigenvalue weighted by Gasteiger charge is -2.62. The monoisotopic (exact) mass is 722 g/mol. The van der Waals surface area contributed by atoms with Gasteiger partial charge in [0.2, 0.25) is 5.91 Å². The third kappa shape index (κ3) is 6.72. The summed E-state index contributed by atoms with van der Waals surface area (Å²) in [5.41, 5.74) is 3.08. The number of ether oxygens (including phenoxy) is 3. The van der Waals surface area contributed by atoms with Crippen molar-refractivity contribution in [1.29, 1.82) is 0 Å². The van der Waals surface area contributed by atoms with Crippen LogP contribution in [0, 0.1) is 29.1 Å². The van der Waals surface area contributed by atoms with Crippen LogP contribution in [0.2, 0.25) is 0 Å². The van der Waals surface area contributed by atoms with Gasteiger partial charge < -0.3 is 40.0 Å². The third-order valence-corrected chi connectivity index (χ3v) is 12.2. The van der Waals surface area contributed by atoms with E-state index >= 15 is 0 Å². The van der Waals surface area contributed by atoms with Gasteiger partial charge in [-0.25, -0.2) is 4.79 Å². The summed E-state index contributed by atoms with van der Waals surface area (Å²) in [6.07, 6.45) is 0.753. The number of hydrogen-bond acceptors (Lipinski definition) is 11. The Balaban J connectivity index is 1.34. The minimum atomic E-state index is -0.934. The SMILES string of the molecule is COc1c(CN2O[C@@H](CO)[C@H]([C@H](C)O)[C@H]2C(=O)NC2C[C@H]3C[C@@H]([C@@H]2C)C3(C)C)cccc1-c1cc(C(=O)N[C@H]2CCOC2=O)cc(N(C)C)c1OC. The van der Waals surface area contributed by atoms with Crippen LogP contribution >= 0.6 is 0 Å². The number of rotatable bonds is 12. The summed E-state index contributed by atoms with van der Waals surface area (Å²) in [5.74, 6) is 0.544. The number of aliphatic hydroxyl groups is 2. The fraction of sp³-hybridized carbons (Fsp3) is 0.615. The number of aliphatic hydroxyl groups excluding tert-OH is 2. The molecule has 9 atom stereocenters. The van der Waals surface area contributed by atoms with Crippen LogP contribution in [0.5, 0.6) is 11.5 Å². The Morgan fingerprint density at radius 1 is 1.10 bits per heavy atom. The van der Waals surface area contributed by atoms with Crippen molar-refractivity contribution in [2.45, 2.75) is 83.8 Å². The molecule has 5 fully saturated rings. The molecule has 5 aliphatic rings. The highest BCUT2D eigenvalue weighted by Gasteiger charge is 2.57. The Hall–Kier alpha value is -3.91. The Bertz CT molecular complexity index is 1680. The van der Waals surface area contributed by atoms with Crippen LogP contribution in [0.25, 0.3) is 11.1 Å². The van der Waals surface area contributed by atoms with Crippen molar-refractivity contribution < 1.29 is 43.6 Å². The third-order valence-electron chi connectivity index (χ3n) is 12.2. The van der Waals surface area contributed by atoms with Gasteiger partial charge in [0.1, 0.15) is 29.7 Å². The summed E-state index contributed by atoms with van der Waals surface area (Å²) < 4.78 is 17.0. The lowest BCUT2D eigenvalue weighted by atomic mass is 9.45. The Morgan fingerprint density at radius 3 is 2.40 bits per heavy atom. The van der Waals surface area contributed by atoms with Gasteiger partial charge in [-0.05, 0) is 55.1 Å². The zero-order valence-corrected chi connectivity index (χ0v) is 31.5. The Kier molecular flexibility index (Phi) is 10.8. The molecule has 2 amide bonds. The molecule has 4 N–H and O–H groups in total. The van der Waals surface area contributed by atoms with Gasteiger partial charge in [0, 0.05) is 54.7 Å². The number of hydrogen-bond donors (Lipinski definition) is 4. The van der Waals surface area contributed by atoms with Crippen molar-refractivity contribution in [1.82, 2.24) is 15.7 Å². The molecule has 1 unspecified atom stereocenters. The van der Waals surface area contributed by atoms with Crippen molar-refractivity contribution in [3.8, 4) is 22.6 Å². The number of esters is 1. The molecule has 2 aromatic carbocycles. The van der Waals surface area contributed by atoms with Gasteiger partial charge >= 0.3 is 5.97 Å². The maximum atomic E-state index is 14.2. The molecule has 7 rings (SSSR count). The number of cyclic esters (lactones) is 1. The molecule has 0 radical (unpaired) electrons. The molecule has 13 heteroatoms. The van der Waals surface area contributed by atoms with Gasteiger partial charge in [-0.2, -0.15) is 5.06 Å². The first-order valence-electron chi connectivity index (χ1n) is 18.3. The lowest BCUT2D eigenvalue weighted by Crippen LogP contribution is -2.62. The molecule has 2 saturated heterocycles. The van der Waals surface area contributed by atoms with E-state index in [4.69, 9.17) is 19.0 Å². The summed E-state index contributed by atoms with van der Waals surface area (Å²) in [6, 6.07) is 7.38. The zero-order valence-electron chi connectivity index (χ0n) is 31.5. The first-order valence-corrected chi connectivity index (χ1v) is 18.3. The number of fused-ring (bicyclic) bond motifs is 2. The number of carbonyl (C=O) groups is 3. The van der Waals surface area contributed by atoms with E-state index in [2.05, 4.69) is 31.4 Å². The number of nitrogens with zero attached hydrogens (tertiary/aromatic N) is 2.